The number of aryl methyl sites for hydroxylation is 1. The number of fused-ring (bicyclic) bond motifs is 2. The van der Waals surface area contributed by atoms with E-state index in [4.69, 9.17) is 0 Å². The molecular formula is C21H24N6O. The van der Waals surface area contributed by atoms with Crippen molar-refractivity contribution in [3.05, 3.63) is 47.5 Å². The number of rotatable bonds is 3. The molecule has 2 N–H and O–H groups in total. The molecule has 1 amide bonds. The minimum Gasteiger partial charge on any atom is -0.365 e. The Bertz CT molecular complexity index is 1020. The van der Waals surface area contributed by atoms with Gasteiger partial charge in [0.1, 0.15) is 12.1 Å². The van der Waals surface area contributed by atoms with E-state index in [2.05, 4.69) is 32.4 Å². The summed E-state index contributed by atoms with van der Waals surface area (Å²) in [5.41, 5.74) is 3.81. The van der Waals surface area contributed by atoms with Crippen LogP contribution in [0.1, 0.15) is 41.5 Å². The number of carbonyl (C=O) groups excluding carboxylic acids is 1. The zero-order valence-corrected chi connectivity index (χ0v) is 16.0. The third-order valence-electron chi connectivity index (χ3n) is 5.95. The highest BCUT2D eigenvalue weighted by Gasteiger charge is 2.32. The van der Waals surface area contributed by atoms with E-state index in [9.17, 15) is 4.79 Å². The maximum Gasteiger partial charge on any atom is 0.274 e. The smallest absolute Gasteiger partial charge is 0.274 e. The van der Waals surface area contributed by atoms with Crippen molar-refractivity contribution in [3.63, 3.8) is 0 Å². The minimum atomic E-state index is 0.0449. The van der Waals surface area contributed by atoms with Crippen molar-refractivity contribution in [1.29, 1.82) is 0 Å². The maximum absolute atomic E-state index is 13.1. The van der Waals surface area contributed by atoms with Crippen molar-refractivity contribution >= 4 is 22.6 Å². The number of H-pyrrole nitrogens is 1. The summed E-state index contributed by atoms with van der Waals surface area (Å²) in [5, 5.41) is 12.0. The van der Waals surface area contributed by atoms with E-state index in [1.807, 2.05) is 29.2 Å². The molecule has 7 heteroatoms. The predicted molar refractivity (Wildman–Crippen MR) is 107 cm³/mol. The summed E-state index contributed by atoms with van der Waals surface area (Å²) in [6.07, 6.45) is 5.56. The van der Waals surface area contributed by atoms with Crippen LogP contribution in [0.25, 0.3) is 10.9 Å². The summed E-state index contributed by atoms with van der Waals surface area (Å²) >= 11 is 0. The molecule has 0 radical (unpaired) electrons. The average Bonchev–Trinajstić information content (AvgIpc) is 3.34. The van der Waals surface area contributed by atoms with Gasteiger partial charge in [-0.05, 0) is 43.7 Å². The Morgan fingerprint density at radius 2 is 2.14 bits per heavy atom. The van der Waals surface area contributed by atoms with Crippen LogP contribution >= 0.6 is 0 Å². The molecule has 1 unspecified atom stereocenters. The number of aromatic nitrogens is 4. The van der Waals surface area contributed by atoms with Gasteiger partial charge in [0.25, 0.3) is 5.91 Å². The largest absolute Gasteiger partial charge is 0.365 e. The first-order valence-electron chi connectivity index (χ1n) is 10.0. The second kappa shape index (κ2) is 6.89. The quantitative estimate of drug-likeness (QED) is 0.734. The molecule has 2 aliphatic rings. The highest BCUT2D eigenvalue weighted by molar-refractivity contribution is 5.94. The third kappa shape index (κ3) is 3.00. The lowest BCUT2D eigenvalue weighted by Gasteiger charge is -2.20. The Labute approximate surface area is 163 Å². The van der Waals surface area contributed by atoms with E-state index < -0.39 is 0 Å². The zero-order chi connectivity index (χ0) is 19.1. The fourth-order valence-electron chi connectivity index (χ4n) is 4.37. The summed E-state index contributed by atoms with van der Waals surface area (Å²) in [5.74, 6) is 1.48. The number of hydrogen-bond donors (Lipinski definition) is 2. The molecule has 1 fully saturated rings. The van der Waals surface area contributed by atoms with Crippen LogP contribution in [0.4, 0.5) is 5.82 Å². The molecule has 2 aromatic heterocycles. The summed E-state index contributed by atoms with van der Waals surface area (Å²) < 4.78 is 0. The molecule has 1 aliphatic carbocycles. The van der Waals surface area contributed by atoms with Gasteiger partial charge in [0.15, 0.2) is 5.69 Å². The number of para-hydroxylation sites is 1. The molecule has 7 nitrogen and oxygen atoms in total. The normalized spacial score (nSPS) is 21.7. The number of carbonyl (C=O) groups is 1. The van der Waals surface area contributed by atoms with Gasteiger partial charge >= 0.3 is 0 Å². The fraction of sp³-hybridized carbons (Fsp3) is 0.429. The summed E-state index contributed by atoms with van der Waals surface area (Å²) in [7, 11) is 0. The number of benzene rings is 1. The third-order valence-corrected chi connectivity index (χ3v) is 5.95. The molecule has 144 valence electrons. The number of anilines is 1. The van der Waals surface area contributed by atoms with Crippen LogP contribution in [-0.4, -0.2) is 50.1 Å². The van der Waals surface area contributed by atoms with Gasteiger partial charge in [0, 0.05) is 35.8 Å². The number of nitrogens with zero attached hydrogens (tertiary/aromatic N) is 4. The Balaban J connectivity index is 1.31. The Hall–Kier alpha value is -2.96. The van der Waals surface area contributed by atoms with Crippen LogP contribution in [0.2, 0.25) is 0 Å². The monoisotopic (exact) mass is 376 g/mol. The molecule has 0 bridgehead atoms. The van der Waals surface area contributed by atoms with Crippen LogP contribution in [-0.2, 0) is 12.8 Å². The fourth-order valence-corrected chi connectivity index (χ4v) is 4.37. The van der Waals surface area contributed by atoms with E-state index >= 15 is 0 Å². The predicted octanol–water partition coefficient (Wildman–Crippen LogP) is 2.80. The standard InChI is InChI=1S/C21H24N6O/c1-13-6-7-18-16(10-13)19(26-25-18)21(28)27-9-8-14(11-27)24-20-15-4-2-3-5-17(15)22-12-23-20/h2-5,12-14H,6-11H2,1H3,(H,25,26)(H,22,23,24)/t13?,14-/m1/s1. The summed E-state index contributed by atoms with van der Waals surface area (Å²) in [4.78, 5) is 23.7. The lowest BCUT2D eigenvalue weighted by atomic mass is 9.87. The van der Waals surface area contributed by atoms with Crippen LogP contribution in [0.15, 0.2) is 30.6 Å². The topological polar surface area (TPSA) is 86.8 Å². The first-order chi connectivity index (χ1) is 13.7. The van der Waals surface area contributed by atoms with Gasteiger partial charge in [-0.25, -0.2) is 9.97 Å². The summed E-state index contributed by atoms with van der Waals surface area (Å²) in [6, 6.07) is 8.14. The van der Waals surface area contributed by atoms with Gasteiger partial charge < -0.3 is 10.2 Å². The number of amides is 1. The van der Waals surface area contributed by atoms with Crippen molar-refractivity contribution in [2.24, 2.45) is 5.92 Å². The molecule has 5 rings (SSSR count). The Morgan fingerprint density at radius 1 is 1.25 bits per heavy atom. The highest BCUT2D eigenvalue weighted by atomic mass is 16.2. The van der Waals surface area contributed by atoms with Crippen LogP contribution in [0.5, 0.6) is 0 Å². The van der Waals surface area contributed by atoms with E-state index in [1.54, 1.807) is 6.33 Å². The second-order valence-corrected chi connectivity index (χ2v) is 8.00. The van der Waals surface area contributed by atoms with Gasteiger partial charge in [0.2, 0.25) is 0 Å². The van der Waals surface area contributed by atoms with Crippen LogP contribution < -0.4 is 5.32 Å². The van der Waals surface area contributed by atoms with Gasteiger partial charge in [-0.1, -0.05) is 19.1 Å². The number of nitrogens with one attached hydrogen (secondary N) is 2. The number of likely N-dealkylation sites (tertiary alicyclic amines) is 1. The number of aromatic amines is 1. The van der Waals surface area contributed by atoms with Crippen LogP contribution in [0.3, 0.4) is 0 Å². The van der Waals surface area contributed by atoms with Crippen LogP contribution in [0, 0.1) is 5.92 Å². The molecule has 1 saturated heterocycles. The maximum atomic E-state index is 13.1. The van der Waals surface area contributed by atoms with Crippen molar-refractivity contribution in [3.8, 4) is 0 Å². The molecule has 3 aromatic rings. The van der Waals surface area contributed by atoms with Crippen molar-refractivity contribution in [2.45, 2.75) is 38.6 Å². The molecule has 2 atom stereocenters. The van der Waals surface area contributed by atoms with Gasteiger partial charge in [-0.3, -0.25) is 9.89 Å². The van der Waals surface area contributed by atoms with Crippen molar-refractivity contribution < 1.29 is 4.79 Å². The van der Waals surface area contributed by atoms with E-state index in [1.165, 1.54) is 0 Å². The summed E-state index contributed by atoms with van der Waals surface area (Å²) in [6.45, 7) is 3.64. The molecular weight excluding hydrogens is 352 g/mol. The lowest BCUT2D eigenvalue weighted by molar-refractivity contribution is 0.0784. The first kappa shape index (κ1) is 17.2. The molecule has 3 heterocycles. The van der Waals surface area contributed by atoms with E-state index in [0.29, 0.717) is 18.2 Å². The molecule has 28 heavy (non-hydrogen) atoms. The van der Waals surface area contributed by atoms with E-state index in [0.717, 1.165) is 60.2 Å². The second-order valence-electron chi connectivity index (χ2n) is 8.00. The average molecular weight is 376 g/mol. The Kier molecular flexibility index (Phi) is 4.22. The van der Waals surface area contributed by atoms with Gasteiger partial charge in [-0.15, -0.1) is 0 Å². The lowest BCUT2D eigenvalue weighted by Crippen LogP contribution is -2.32. The minimum absolute atomic E-state index is 0.0449. The first-order valence-corrected chi connectivity index (χ1v) is 10.0. The Morgan fingerprint density at radius 3 is 3.07 bits per heavy atom. The molecule has 1 aromatic carbocycles. The zero-order valence-electron chi connectivity index (χ0n) is 16.0. The molecule has 0 spiro atoms. The molecule has 1 aliphatic heterocycles. The highest BCUT2D eigenvalue weighted by Crippen LogP contribution is 2.28. The van der Waals surface area contributed by atoms with E-state index in [-0.39, 0.29) is 11.9 Å². The van der Waals surface area contributed by atoms with Gasteiger partial charge in [-0.2, -0.15) is 5.10 Å². The van der Waals surface area contributed by atoms with Crippen molar-refractivity contribution in [1.82, 2.24) is 25.1 Å². The SMILES string of the molecule is CC1CCc2[nH]nc(C(=O)N3CC[C@@H](Nc4ncnc5ccccc45)C3)c2C1. The number of hydrogen-bond acceptors (Lipinski definition) is 5. The van der Waals surface area contributed by atoms with Crippen molar-refractivity contribution in [2.75, 3.05) is 18.4 Å². The molecule has 0 saturated carbocycles. The van der Waals surface area contributed by atoms with Gasteiger partial charge in [0.05, 0.1) is 5.52 Å².